The standard InChI is InChI=1S/C29H42N4O2/c1-32-20-27-25-19-18-24(34)12-9-13-26(25)28(31-33(27)29(32)35)21-14-16-23(17-15-21)30-22-10-7-5-3-2-4-6-8-11-22/h14-17,22,24,26,30,34H,2-13,18-20H2,1H3. The highest BCUT2D eigenvalue weighted by Crippen LogP contribution is 2.39. The smallest absolute Gasteiger partial charge is 0.345 e. The number of hydrogen-bond acceptors (Lipinski definition) is 4. The van der Waals surface area contributed by atoms with Gasteiger partial charge in [0.15, 0.2) is 0 Å². The van der Waals surface area contributed by atoms with E-state index in [4.69, 9.17) is 5.10 Å². The number of aliphatic hydroxyl groups excluding tert-OH is 1. The summed E-state index contributed by atoms with van der Waals surface area (Å²) in [5.74, 6) is 0.227. The van der Waals surface area contributed by atoms with E-state index in [1.807, 2.05) is 7.05 Å². The Morgan fingerprint density at radius 1 is 0.886 bits per heavy atom. The first-order chi connectivity index (χ1) is 17.1. The average molecular weight is 479 g/mol. The Morgan fingerprint density at radius 2 is 1.57 bits per heavy atom. The summed E-state index contributed by atoms with van der Waals surface area (Å²) in [6.45, 7) is 0.613. The molecule has 5 rings (SSSR count). The van der Waals surface area contributed by atoms with Gasteiger partial charge in [-0.05, 0) is 68.2 Å². The zero-order valence-electron chi connectivity index (χ0n) is 21.3. The van der Waals surface area contributed by atoms with Crippen LogP contribution in [0.25, 0.3) is 0 Å². The van der Waals surface area contributed by atoms with Gasteiger partial charge in [-0.25, -0.2) is 4.79 Å². The van der Waals surface area contributed by atoms with Crippen LogP contribution in [0.5, 0.6) is 0 Å². The minimum absolute atomic E-state index is 0.0552. The molecule has 2 atom stereocenters. The third-order valence-electron chi connectivity index (χ3n) is 8.41. The zero-order valence-corrected chi connectivity index (χ0v) is 21.3. The molecule has 4 aliphatic rings. The predicted molar refractivity (Wildman–Crippen MR) is 141 cm³/mol. The summed E-state index contributed by atoms with van der Waals surface area (Å²) in [6, 6.07) is 9.25. The normalized spacial score (nSPS) is 27.0. The summed E-state index contributed by atoms with van der Waals surface area (Å²) in [4.78, 5) is 14.6. The molecule has 190 valence electrons. The van der Waals surface area contributed by atoms with Crippen LogP contribution in [0.1, 0.15) is 95.5 Å². The number of nitrogens with zero attached hydrogens (tertiary/aromatic N) is 3. The van der Waals surface area contributed by atoms with Crippen LogP contribution in [0.4, 0.5) is 10.5 Å². The fraction of sp³-hybridized carbons (Fsp3) is 0.655. The van der Waals surface area contributed by atoms with Crippen molar-refractivity contribution in [2.45, 2.75) is 102 Å². The molecule has 1 saturated heterocycles. The van der Waals surface area contributed by atoms with E-state index in [1.165, 1.54) is 69.0 Å². The molecular formula is C29H42N4O2. The number of benzene rings is 1. The SMILES string of the molecule is CN1CC2=C3CCC(O)CCCC3C(c3ccc(NC4CCCCCCCCC4)cc3)=NN2C1=O. The second-order valence-electron chi connectivity index (χ2n) is 11.1. The quantitative estimate of drug-likeness (QED) is 0.538. The van der Waals surface area contributed by atoms with E-state index in [0.717, 1.165) is 49.1 Å². The Bertz CT molecular complexity index is 944. The monoisotopic (exact) mass is 478 g/mol. The van der Waals surface area contributed by atoms with Gasteiger partial charge in [-0.1, -0.05) is 57.1 Å². The number of aliphatic hydroxyl groups is 1. The number of urea groups is 1. The molecule has 6 nitrogen and oxygen atoms in total. The molecule has 3 fully saturated rings. The number of amides is 2. The molecule has 2 heterocycles. The van der Waals surface area contributed by atoms with Crippen molar-refractivity contribution in [3.05, 3.63) is 41.1 Å². The minimum Gasteiger partial charge on any atom is -0.393 e. The van der Waals surface area contributed by atoms with Crippen LogP contribution in [-0.2, 0) is 0 Å². The zero-order chi connectivity index (χ0) is 24.2. The van der Waals surface area contributed by atoms with Crippen molar-refractivity contribution in [3.8, 4) is 0 Å². The second kappa shape index (κ2) is 11.2. The van der Waals surface area contributed by atoms with E-state index in [0.29, 0.717) is 12.6 Å². The number of nitrogens with one attached hydrogen (secondary N) is 1. The van der Waals surface area contributed by atoms with Crippen LogP contribution in [-0.4, -0.2) is 52.5 Å². The first kappa shape index (κ1) is 24.4. The molecule has 2 saturated carbocycles. The lowest BCUT2D eigenvalue weighted by Crippen LogP contribution is -2.34. The molecule has 1 aromatic rings. The Kier molecular flexibility index (Phi) is 7.76. The van der Waals surface area contributed by atoms with Crippen molar-refractivity contribution in [1.82, 2.24) is 9.91 Å². The molecule has 0 spiro atoms. The molecule has 0 radical (unpaired) electrons. The predicted octanol–water partition coefficient (Wildman–Crippen LogP) is 6.27. The highest BCUT2D eigenvalue weighted by molar-refractivity contribution is 6.05. The van der Waals surface area contributed by atoms with E-state index in [-0.39, 0.29) is 18.1 Å². The van der Waals surface area contributed by atoms with Gasteiger partial charge in [0.2, 0.25) is 0 Å². The summed E-state index contributed by atoms with van der Waals surface area (Å²) in [5, 5.41) is 20.7. The molecular weight excluding hydrogens is 436 g/mol. The summed E-state index contributed by atoms with van der Waals surface area (Å²) in [7, 11) is 1.84. The Morgan fingerprint density at radius 3 is 2.29 bits per heavy atom. The van der Waals surface area contributed by atoms with E-state index in [2.05, 4.69) is 29.6 Å². The minimum atomic E-state index is -0.248. The number of likely N-dealkylation sites (N-methyl/N-ethyl adjacent to an activating group) is 1. The fourth-order valence-electron chi connectivity index (χ4n) is 6.36. The van der Waals surface area contributed by atoms with Gasteiger partial charge >= 0.3 is 6.03 Å². The third kappa shape index (κ3) is 5.58. The second-order valence-corrected chi connectivity index (χ2v) is 11.1. The van der Waals surface area contributed by atoms with Crippen molar-refractivity contribution >= 4 is 17.4 Å². The number of anilines is 1. The van der Waals surface area contributed by atoms with Crippen LogP contribution >= 0.6 is 0 Å². The number of fused-ring (bicyclic) bond motifs is 2. The first-order valence-electron chi connectivity index (χ1n) is 14.0. The highest BCUT2D eigenvalue weighted by atomic mass is 16.3. The summed E-state index contributed by atoms with van der Waals surface area (Å²) >= 11 is 0. The maximum Gasteiger partial charge on any atom is 0.345 e. The lowest BCUT2D eigenvalue weighted by Gasteiger charge is -2.33. The van der Waals surface area contributed by atoms with Gasteiger partial charge in [0.05, 0.1) is 24.1 Å². The van der Waals surface area contributed by atoms with Gasteiger partial charge < -0.3 is 15.3 Å². The molecule has 1 aromatic carbocycles. The molecule has 0 bridgehead atoms. The molecule has 0 aromatic heterocycles. The van der Waals surface area contributed by atoms with Crippen molar-refractivity contribution < 1.29 is 9.90 Å². The van der Waals surface area contributed by atoms with Gasteiger partial charge in [0.1, 0.15) is 0 Å². The number of rotatable bonds is 3. The van der Waals surface area contributed by atoms with E-state index >= 15 is 0 Å². The molecule has 2 unspecified atom stereocenters. The number of allylic oxidation sites excluding steroid dienone is 1. The average Bonchev–Trinajstić information content (AvgIpc) is 3.14. The number of hydrazone groups is 1. The van der Waals surface area contributed by atoms with Crippen LogP contribution < -0.4 is 5.32 Å². The van der Waals surface area contributed by atoms with Crippen LogP contribution in [0.2, 0.25) is 0 Å². The lowest BCUT2D eigenvalue weighted by atomic mass is 9.79. The Labute approximate surface area is 210 Å². The third-order valence-corrected chi connectivity index (χ3v) is 8.41. The number of carbonyl (C=O) groups excluding carboxylic acids is 1. The maximum absolute atomic E-state index is 12.8. The molecule has 2 aliphatic carbocycles. The van der Waals surface area contributed by atoms with Gasteiger partial charge in [-0.3, -0.25) is 0 Å². The van der Waals surface area contributed by atoms with Crippen LogP contribution in [0.15, 0.2) is 40.6 Å². The fourth-order valence-corrected chi connectivity index (χ4v) is 6.36. The van der Waals surface area contributed by atoms with E-state index in [9.17, 15) is 9.90 Å². The molecule has 6 heteroatoms. The van der Waals surface area contributed by atoms with Gasteiger partial charge in [-0.2, -0.15) is 10.1 Å². The number of carbonyl (C=O) groups is 1. The first-order valence-corrected chi connectivity index (χ1v) is 14.0. The van der Waals surface area contributed by atoms with Gasteiger partial charge in [-0.15, -0.1) is 0 Å². The largest absolute Gasteiger partial charge is 0.393 e. The van der Waals surface area contributed by atoms with Crippen molar-refractivity contribution in [2.24, 2.45) is 11.0 Å². The van der Waals surface area contributed by atoms with Crippen molar-refractivity contribution in [2.75, 3.05) is 18.9 Å². The number of hydrogen-bond donors (Lipinski definition) is 2. The van der Waals surface area contributed by atoms with Gasteiger partial charge in [0.25, 0.3) is 0 Å². The Balaban J connectivity index is 1.35. The topological polar surface area (TPSA) is 68.2 Å². The summed E-state index contributed by atoms with van der Waals surface area (Å²) < 4.78 is 0. The molecule has 2 N–H and O–H groups in total. The highest BCUT2D eigenvalue weighted by Gasteiger charge is 2.40. The van der Waals surface area contributed by atoms with Crippen molar-refractivity contribution in [1.29, 1.82) is 0 Å². The Hall–Kier alpha value is -2.34. The lowest BCUT2D eigenvalue weighted by molar-refractivity contribution is 0.145. The van der Waals surface area contributed by atoms with E-state index < -0.39 is 0 Å². The summed E-state index contributed by atoms with van der Waals surface area (Å²) in [5.41, 5.74) is 5.63. The van der Waals surface area contributed by atoms with E-state index in [1.54, 1.807) is 9.91 Å². The molecule has 35 heavy (non-hydrogen) atoms. The van der Waals surface area contributed by atoms with Gasteiger partial charge in [0, 0.05) is 24.7 Å². The maximum atomic E-state index is 12.8. The van der Waals surface area contributed by atoms with Crippen molar-refractivity contribution in [3.63, 3.8) is 0 Å². The molecule has 2 amide bonds. The molecule has 2 aliphatic heterocycles. The summed E-state index contributed by atoms with van der Waals surface area (Å²) in [6.07, 6.45) is 16.2. The van der Waals surface area contributed by atoms with Crippen LogP contribution in [0, 0.1) is 5.92 Å². The van der Waals surface area contributed by atoms with Crippen LogP contribution in [0.3, 0.4) is 0 Å².